The minimum atomic E-state index is -2.58. The molecule has 28 heavy (non-hydrogen) atoms. The third kappa shape index (κ3) is 3.84. The van der Waals surface area contributed by atoms with Crippen LogP contribution < -0.4 is 15.1 Å². The zero-order valence-corrected chi connectivity index (χ0v) is 18.0. The van der Waals surface area contributed by atoms with Crippen molar-refractivity contribution >= 4 is 18.7 Å². The van der Waals surface area contributed by atoms with E-state index in [9.17, 15) is 5.11 Å². The fraction of sp³-hybridized carbons (Fsp3) is 0.250. The number of phenols is 1. The van der Waals surface area contributed by atoms with Crippen molar-refractivity contribution in [2.45, 2.75) is 32.4 Å². The highest BCUT2D eigenvalue weighted by atomic mass is 28.4. The molecule has 0 unspecified atom stereocenters. The van der Waals surface area contributed by atoms with Gasteiger partial charge in [0, 0.05) is 0 Å². The molecule has 0 radical (unpaired) electrons. The molecule has 0 amide bonds. The standard InChI is InChI=1S/C24H28O3Si/c1-24(2,3)28(20-11-7-5-8-12-20,21-13-9-6-10-14-21)27-18-19-15-16-23(26-4)22(25)17-19/h5-17,25H,18H2,1-4H3. The van der Waals surface area contributed by atoms with Crippen LogP contribution in [-0.4, -0.2) is 20.5 Å². The van der Waals surface area contributed by atoms with E-state index in [1.807, 2.05) is 18.2 Å². The SMILES string of the molecule is COc1ccc(CO[Si](c2ccccc2)(c2ccccc2)C(C)(C)C)cc1O. The van der Waals surface area contributed by atoms with Crippen LogP contribution in [0.4, 0.5) is 0 Å². The maximum Gasteiger partial charge on any atom is 0.261 e. The first-order valence-corrected chi connectivity index (χ1v) is 11.4. The fourth-order valence-electron chi connectivity index (χ4n) is 3.78. The Kier molecular flexibility index (Phi) is 5.92. The van der Waals surface area contributed by atoms with Gasteiger partial charge in [0.25, 0.3) is 8.32 Å². The number of hydrogen-bond donors (Lipinski definition) is 1. The molecule has 0 saturated heterocycles. The quantitative estimate of drug-likeness (QED) is 0.629. The van der Waals surface area contributed by atoms with E-state index < -0.39 is 8.32 Å². The summed E-state index contributed by atoms with van der Waals surface area (Å²) in [5.74, 6) is 0.597. The minimum Gasteiger partial charge on any atom is -0.504 e. The first-order chi connectivity index (χ1) is 13.4. The first-order valence-electron chi connectivity index (χ1n) is 9.49. The van der Waals surface area contributed by atoms with Crippen LogP contribution in [0.1, 0.15) is 26.3 Å². The average molecular weight is 393 g/mol. The molecule has 146 valence electrons. The number of phenolic OH excluding ortho intramolecular Hbond substituents is 1. The van der Waals surface area contributed by atoms with Gasteiger partial charge in [0.05, 0.1) is 13.7 Å². The molecule has 3 nitrogen and oxygen atoms in total. The molecule has 0 aliphatic heterocycles. The van der Waals surface area contributed by atoms with Gasteiger partial charge in [0.15, 0.2) is 11.5 Å². The van der Waals surface area contributed by atoms with Gasteiger partial charge in [0.2, 0.25) is 0 Å². The lowest BCUT2D eigenvalue weighted by Crippen LogP contribution is -2.66. The largest absolute Gasteiger partial charge is 0.504 e. The van der Waals surface area contributed by atoms with Crippen LogP contribution in [0.2, 0.25) is 5.04 Å². The van der Waals surface area contributed by atoms with Crippen LogP contribution in [0.25, 0.3) is 0 Å². The Bertz CT molecular complexity index is 863. The van der Waals surface area contributed by atoms with Crippen LogP contribution in [0.3, 0.4) is 0 Å². The highest BCUT2D eigenvalue weighted by Crippen LogP contribution is 2.37. The number of benzene rings is 3. The summed E-state index contributed by atoms with van der Waals surface area (Å²) in [7, 11) is -1.04. The van der Waals surface area contributed by atoms with Crippen molar-refractivity contribution in [3.05, 3.63) is 84.4 Å². The van der Waals surface area contributed by atoms with Crippen molar-refractivity contribution in [2.75, 3.05) is 7.11 Å². The summed E-state index contributed by atoms with van der Waals surface area (Å²) in [6.45, 7) is 7.19. The summed E-state index contributed by atoms with van der Waals surface area (Å²) in [5.41, 5.74) is 0.922. The molecule has 0 aliphatic carbocycles. The molecule has 3 rings (SSSR count). The lowest BCUT2D eigenvalue weighted by atomic mass is 10.2. The molecule has 0 atom stereocenters. The second kappa shape index (κ2) is 8.21. The summed E-state index contributed by atoms with van der Waals surface area (Å²) >= 11 is 0. The van der Waals surface area contributed by atoms with Crippen LogP contribution in [0.5, 0.6) is 11.5 Å². The average Bonchev–Trinajstić information content (AvgIpc) is 2.69. The van der Waals surface area contributed by atoms with E-state index in [0.29, 0.717) is 12.4 Å². The van der Waals surface area contributed by atoms with Gasteiger partial charge >= 0.3 is 0 Å². The van der Waals surface area contributed by atoms with E-state index >= 15 is 0 Å². The van der Waals surface area contributed by atoms with Crippen LogP contribution in [0.15, 0.2) is 78.9 Å². The highest BCUT2D eigenvalue weighted by Gasteiger charge is 2.50. The molecule has 0 aromatic heterocycles. The lowest BCUT2D eigenvalue weighted by molar-refractivity contribution is 0.285. The summed E-state index contributed by atoms with van der Waals surface area (Å²) in [6.07, 6.45) is 0. The van der Waals surface area contributed by atoms with E-state index in [0.717, 1.165) is 5.56 Å². The van der Waals surface area contributed by atoms with E-state index in [1.54, 1.807) is 19.2 Å². The van der Waals surface area contributed by atoms with Crippen LogP contribution in [0, 0.1) is 0 Å². The topological polar surface area (TPSA) is 38.7 Å². The Morgan fingerprint density at radius 2 is 1.36 bits per heavy atom. The molecule has 0 heterocycles. The number of methoxy groups -OCH3 is 1. The van der Waals surface area contributed by atoms with E-state index in [-0.39, 0.29) is 10.8 Å². The molecule has 0 fully saturated rings. The van der Waals surface area contributed by atoms with Crippen molar-refractivity contribution in [3.8, 4) is 11.5 Å². The van der Waals surface area contributed by atoms with Gasteiger partial charge in [-0.2, -0.15) is 0 Å². The third-order valence-corrected chi connectivity index (χ3v) is 10.1. The predicted octanol–water partition coefficient (Wildman–Crippen LogP) is 4.48. The van der Waals surface area contributed by atoms with E-state index in [4.69, 9.17) is 9.16 Å². The Morgan fingerprint density at radius 3 is 1.79 bits per heavy atom. The van der Waals surface area contributed by atoms with Gasteiger partial charge < -0.3 is 14.3 Å². The van der Waals surface area contributed by atoms with Crippen molar-refractivity contribution in [1.82, 2.24) is 0 Å². The Hall–Kier alpha value is -2.56. The van der Waals surface area contributed by atoms with Gasteiger partial charge in [-0.1, -0.05) is 87.5 Å². The van der Waals surface area contributed by atoms with Gasteiger partial charge in [-0.15, -0.1) is 0 Å². The van der Waals surface area contributed by atoms with Gasteiger partial charge in [-0.3, -0.25) is 0 Å². The molecule has 0 spiro atoms. The van der Waals surface area contributed by atoms with Gasteiger partial charge in [-0.05, 0) is 33.1 Å². The first kappa shape index (κ1) is 20.2. The molecular weight excluding hydrogens is 364 g/mol. The molecule has 1 N–H and O–H groups in total. The van der Waals surface area contributed by atoms with E-state index in [1.165, 1.54) is 10.4 Å². The molecule has 0 saturated carbocycles. The summed E-state index contributed by atoms with van der Waals surface area (Å²) in [4.78, 5) is 0. The molecular formula is C24H28O3Si. The Morgan fingerprint density at radius 1 is 0.821 bits per heavy atom. The summed E-state index contributed by atoms with van der Waals surface area (Å²) in [6, 6.07) is 26.5. The smallest absolute Gasteiger partial charge is 0.261 e. The predicted molar refractivity (Wildman–Crippen MR) is 117 cm³/mol. The van der Waals surface area contributed by atoms with Crippen molar-refractivity contribution in [1.29, 1.82) is 0 Å². The lowest BCUT2D eigenvalue weighted by Gasteiger charge is -2.43. The molecule has 3 aromatic rings. The maximum atomic E-state index is 10.1. The molecule has 4 heteroatoms. The second-order valence-electron chi connectivity index (χ2n) is 7.96. The van der Waals surface area contributed by atoms with Crippen molar-refractivity contribution in [2.24, 2.45) is 0 Å². The number of aromatic hydroxyl groups is 1. The zero-order valence-electron chi connectivity index (χ0n) is 17.0. The van der Waals surface area contributed by atoms with Crippen molar-refractivity contribution < 1.29 is 14.3 Å². The van der Waals surface area contributed by atoms with Crippen LogP contribution >= 0.6 is 0 Å². The van der Waals surface area contributed by atoms with Crippen molar-refractivity contribution in [3.63, 3.8) is 0 Å². The van der Waals surface area contributed by atoms with Gasteiger partial charge in [-0.25, -0.2) is 0 Å². The molecule has 0 bridgehead atoms. The van der Waals surface area contributed by atoms with Crippen LogP contribution in [-0.2, 0) is 11.0 Å². The normalized spacial score (nSPS) is 12.0. The zero-order chi connectivity index (χ0) is 20.2. The van der Waals surface area contributed by atoms with Gasteiger partial charge in [0.1, 0.15) is 0 Å². The number of hydrogen-bond acceptors (Lipinski definition) is 3. The molecule has 0 aliphatic rings. The number of rotatable bonds is 6. The second-order valence-corrected chi connectivity index (χ2v) is 12.3. The summed E-state index contributed by atoms with van der Waals surface area (Å²) < 4.78 is 12.0. The fourth-order valence-corrected chi connectivity index (χ4v) is 8.32. The highest BCUT2D eigenvalue weighted by molar-refractivity contribution is 6.99. The summed E-state index contributed by atoms with van der Waals surface area (Å²) in [5, 5.41) is 12.6. The maximum absolute atomic E-state index is 10.1. The third-order valence-electron chi connectivity index (χ3n) is 5.12. The number of ether oxygens (including phenoxy) is 1. The Labute approximate surface area is 168 Å². The minimum absolute atomic E-state index is 0.0791. The Balaban J connectivity index is 2.07. The monoisotopic (exact) mass is 392 g/mol. The van der Waals surface area contributed by atoms with E-state index in [2.05, 4.69) is 69.3 Å². The molecule has 3 aromatic carbocycles.